The summed E-state index contributed by atoms with van der Waals surface area (Å²) in [5.41, 5.74) is 9.58. The topological polar surface area (TPSA) is 99.2 Å². The first-order chi connectivity index (χ1) is 15.1. The SMILES string of the molecule is NC1[C@H]2CN(CCON=C3C(c4c(O)[nH]c5ccc(F)cc45)=Nc4ccccc43)C[C@@H]12. The van der Waals surface area contributed by atoms with Crippen LogP contribution in [0.3, 0.4) is 0 Å². The van der Waals surface area contributed by atoms with Crippen LogP contribution in [0.15, 0.2) is 52.6 Å². The minimum atomic E-state index is -0.387. The number of aromatic nitrogens is 1. The number of likely N-dealkylation sites (tertiary alicyclic amines) is 1. The van der Waals surface area contributed by atoms with Crippen LogP contribution in [0.1, 0.15) is 11.1 Å². The minimum Gasteiger partial charge on any atom is -0.494 e. The Labute approximate surface area is 178 Å². The Balaban J connectivity index is 1.28. The summed E-state index contributed by atoms with van der Waals surface area (Å²) in [6, 6.07) is 12.3. The summed E-state index contributed by atoms with van der Waals surface area (Å²) in [5.74, 6) is 0.809. The second-order valence-corrected chi connectivity index (χ2v) is 8.45. The molecule has 3 aliphatic rings. The van der Waals surface area contributed by atoms with Gasteiger partial charge in [0.05, 0.1) is 11.3 Å². The van der Waals surface area contributed by atoms with Crippen LogP contribution in [-0.2, 0) is 4.84 Å². The van der Waals surface area contributed by atoms with Gasteiger partial charge in [-0.1, -0.05) is 23.4 Å². The molecule has 0 amide bonds. The van der Waals surface area contributed by atoms with Crippen molar-refractivity contribution >= 4 is 28.0 Å². The fourth-order valence-corrected chi connectivity index (χ4v) is 4.85. The molecule has 7 nitrogen and oxygen atoms in total. The molecule has 2 aromatic carbocycles. The first kappa shape index (κ1) is 18.5. The zero-order valence-corrected chi connectivity index (χ0v) is 16.8. The Morgan fingerprint density at radius 3 is 2.87 bits per heavy atom. The second kappa shape index (κ2) is 6.90. The van der Waals surface area contributed by atoms with Gasteiger partial charge in [0, 0.05) is 42.1 Å². The van der Waals surface area contributed by atoms with Gasteiger partial charge in [-0.2, -0.15) is 0 Å². The number of hydrogen-bond donors (Lipinski definition) is 3. The van der Waals surface area contributed by atoms with E-state index in [0.717, 1.165) is 30.9 Å². The summed E-state index contributed by atoms with van der Waals surface area (Å²) < 4.78 is 13.9. The van der Waals surface area contributed by atoms with Crippen molar-refractivity contribution in [3.8, 4) is 5.88 Å². The lowest BCUT2D eigenvalue weighted by atomic mass is 10.0. The molecule has 3 heterocycles. The third kappa shape index (κ3) is 3.02. The molecule has 2 aliphatic heterocycles. The molecule has 8 heteroatoms. The highest BCUT2D eigenvalue weighted by Gasteiger charge is 2.53. The van der Waals surface area contributed by atoms with E-state index in [4.69, 9.17) is 10.6 Å². The van der Waals surface area contributed by atoms with Crippen LogP contribution in [0, 0.1) is 17.7 Å². The molecule has 4 N–H and O–H groups in total. The third-order valence-electron chi connectivity index (χ3n) is 6.58. The Hall–Kier alpha value is -3.23. The van der Waals surface area contributed by atoms with Crippen LogP contribution >= 0.6 is 0 Å². The van der Waals surface area contributed by atoms with Crippen molar-refractivity contribution in [1.82, 2.24) is 9.88 Å². The molecule has 6 rings (SSSR count). The molecule has 158 valence electrons. The molecule has 1 unspecified atom stereocenters. The first-order valence-corrected chi connectivity index (χ1v) is 10.5. The molecule has 0 radical (unpaired) electrons. The largest absolute Gasteiger partial charge is 0.494 e. The van der Waals surface area contributed by atoms with Crippen molar-refractivity contribution < 1.29 is 14.3 Å². The number of aliphatic imine (C=N–C) groups is 1. The molecular weight excluding hydrogens is 397 g/mol. The highest BCUT2D eigenvalue weighted by atomic mass is 19.1. The van der Waals surface area contributed by atoms with E-state index >= 15 is 0 Å². The van der Waals surface area contributed by atoms with Gasteiger partial charge in [0.25, 0.3) is 0 Å². The van der Waals surface area contributed by atoms with Gasteiger partial charge in [0.2, 0.25) is 0 Å². The van der Waals surface area contributed by atoms with Gasteiger partial charge in [-0.05, 0) is 36.1 Å². The smallest absolute Gasteiger partial charge is 0.199 e. The van der Waals surface area contributed by atoms with Crippen LogP contribution in [0.4, 0.5) is 10.1 Å². The van der Waals surface area contributed by atoms with E-state index in [1.54, 1.807) is 6.07 Å². The van der Waals surface area contributed by atoms with Crippen molar-refractivity contribution in [2.24, 2.45) is 27.7 Å². The van der Waals surface area contributed by atoms with E-state index < -0.39 is 0 Å². The second-order valence-electron chi connectivity index (χ2n) is 8.45. The summed E-state index contributed by atoms with van der Waals surface area (Å²) in [6.07, 6.45) is 0. The summed E-state index contributed by atoms with van der Waals surface area (Å²) in [7, 11) is 0. The lowest BCUT2D eigenvalue weighted by Crippen LogP contribution is -2.31. The van der Waals surface area contributed by atoms with Crippen molar-refractivity contribution in [2.45, 2.75) is 6.04 Å². The summed E-state index contributed by atoms with van der Waals surface area (Å²) >= 11 is 0. The monoisotopic (exact) mass is 419 g/mol. The molecule has 2 fully saturated rings. The normalized spacial score (nSPS) is 25.7. The molecule has 0 bridgehead atoms. The average molecular weight is 419 g/mol. The number of nitrogens with zero attached hydrogens (tertiary/aromatic N) is 3. The van der Waals surface area contributed by atoms with Crippen molar-refractivity contribution in [3.05, 3.63) is 59.4 Å². The van der Waals surface area contributed by atoms with Crippen LogP contribution in [0.2, 0.25) is 0 Å². The standard InChI is InChI=1S/C23H22FN5O2/c24-12-5-6-18-14(9-12)19(23(30)27-18)22-21(13-3-1-2-4-17(13)26-22)28-31-8-7-29-10-15-16(11-29)20(15)25/h1-6,9,15-16,20,27,30H,7-8,10-11,25H2/t15-,16+,20?. The van der Waals surface area contributed by atoms with Crippen LogP contribution < -0.4 is 5.73 Å². The molecule has 3 aromatic rings. The van der Waals surface area contributed by atoms with Crippen molar-refractivity contribution in [2.75, 3.05) is 26.2 Å². The van der Waals surface area contributed by atoms with E-state index in [-0.39, 0.29) is 11.7 Å². The van der Waals surface area contributed by atoms with Crippen LogP contribution in [0.25, 0.3) is 10.9 Å². The van der Waals surface area contributed by atoms with Crippen molar-refractivity contribution in [1.29, 1.82) is 0 Å². The Bertz CT molecular complexity index is 1240. The number of H-pyrrole nitrogens is 1. The maximum Gasteiger partial charge on any atom is 0.199 e. The maximum atomic E-state index is 13.9. The van der Waals surface area contributed by atoms with Crippen LogP contribution in [0.5, 0.6) is 5.88 Å². The number of nitrogens with two attached hydrogens (primary N) is 1. The van der Waals surface area contributed by atoms with E-state index in [1.165, 1.54) is 12.1 Å². The predicted molar refractivity (Wildman–Crippen MR) is 116 cm³/mol. The molecule has 3 atom stereocenters. The van der Waals surface area contributed by atoms with E-state index in [9.17, 15) is 9.50 Å². The highest BCUT2D eigenvalue weighted by Crippen LogP contribution is 2.43. The number of aromatic hydroxyl groups is 1. The molecular formula is C23H22FN5O2. The quantitative estimate of drug-likeness (QED) is 0.437. The Morgan fingerprint density at radius 2 is 2.03 bits per heavy atom. The van der Waals surface area contributed by atoms with Crippen LogP contribution in [-0.4, -0.2) is 58.7 Å². The average Bonchev–Trinajstić information content (AvgIpc) is 3.15. The third-order valence-corrected chi connectivity index (χ3v) is 6.58. The number of nitrogens with one attached hydrogen (secondary N) is 1. The fourth-order valence-electron chi connectivity index (χ4n) is 4.85. The van der Waals surface area contributed by atoms with E-state index in [2.05, 4.69) is 20.0 Å². The molecule has 1 saturated heterocycles. The van der Waals surface area contributed by atoms with Gasteiger partial charge in [0.15, 0.2) is 5.88 Å². The van der Waals surface area contributed by atoms with Gasteiger partial charge in [-0.25, -0.2) is 9.38 Å². The van der Waals surface area contributed by atoms with Gasteiger partial charge >= 0.3 is 0 Å². The predicted octanol–water partition coefficient (Wildman–Crippen LogP) is 2.76. The number of para-hydroxylation sites is 1. The maximum absolute atomic E-state index is 13.9. The Kier molecular flexibility index (Phi) is 4.12. The van der Waals surface area contributed by atoms with Gasteiger partial charge in [-0.3, -0.25) is 4.90 Å². The molecule has 31 heavy (non-hydrogen) atoms. The molecule has 0 spiro atoms. The van der Waals surface area contributed by atoms with Gasteiger partial charge in [0.1, 0.15) is 23.8 Å². The van der Waals surface area contributed by atoms with Gasteiger partial charge in [-0.15, -0.1) is 0 Å². The lowest BCUT2D eigenvalue weighted by Gasteiger charge is -2.17. The Morgan fingerprint density at radius 1 is 1.23 bits per heavy atom. The van der Waals surface area contributed by atoms with E-state index in [1.807, 2.05) is 24.3 Å². The fraction of sp³-hybridized carbons (Fsp3) is 0.304. The first-order valence-electron chi connectivity index (χ1n) is 10.5. The minimum absolute atomic E-state index is 0.0764. The zero-order valence-electron chi connectivity index (χ0n) is 16.8. The number of fused-ring (bicyclic) bond motifs is 3. The summed E-state index contributed by atoms with van der Waals surface area (Å²) in [5, 5.41) is 15.5. The number of piperidine rings is 1. The summed E-state index contributed by atoms with van der Waals surface area (Å²) in [6.45, 7) is 3.28. The lowest BCUT2D eigenvalue weighted by molar-refractivity contribution is 0.115. The highest BCUT2D eigenvalue weighted by molar-refractivity contribution is 6.58. The number of hydrogen-bond acceptors (Lipinski definition) is 6. The number of aromatic amines is 1. The number of rotatable bonds is 5. The number of halogens is 1. The summed E-state index contributed by atoms with van der Waals surface area (Å²) in [4.78, 5) is 15.6. The number of oxime groups is 1. The zero-order chi connectivity index (χ0) is 21.1. The molecule has 1 saturated carbocycles. The van der Waals surface area contributed by atoms with Gasteiger partial charge < -0.3 is 20.7 Å². The number of benzene rings is 2. The molecule has 1 aromatic heterocycles. The molecule has 1 aliphatic carbocycles. The van der Waals surface area contributed by atoms with Crippen molar-refractivity contribution in [3.63, 3.8) is 0 Å². The van der Waals surface area contributed by atoms with E-state index in [0.29, 0.717) is 52.4 Å².